The van der Waals surface area contributed by atoms with Crippen LogP contribution in [0.1, 0.15) is 16.1 Å². The lowest BCUT2D eigenvalue weighted by atomic mass is 10.2. The van der Waals surface area contributed by atoms with Crippen molar-refractivity contribution in [3.8, 4) is 0 Å². The molecule has 60 valence electrons. The lowest BCUT2D eigenvalue weighted by Crippen LogP contribution is -2.09. The summed E-state index contributed by atoms with van der Waals surface area (Å²) in [5.74, 6) is -0.857. The third-order valence-electron chi connectivity index (χ3n) is 1.22. The van der Waals surface area contributed by atoms with Crippen LogP contribution in [0.2, 0.25) is 0 Å². The van der Waals surface area contributed by atoms with Crippen molar-refractivity contribution in [2.24, 2.45) is 0 Å². The van der Waals surface area contributed by atoms with Crippen LogP contribution in [0, 0.1) is 0 Å². The van der Waals surface area contributed by atoms with Gasteiger partial charge in [0.05, 0.1) is 12.8 Å². The number of aromatic carboxylic acids is 1. The van der Waals surface area contributed by atoms with Crippen molar-refractivity contribution in [2.45, 2.75) is 6.54 Å². The van der Waals surface area contributed by atoms with E-state index in [4.69, 9.17) is 14.7 Å². The molecule has 1 aromatic heterocycles. The van der Waals surface area contributed by atoms with Gasteiger partial charge < -0.3 is 14.7 Å². The van der Waals surface area contributed by atoms with Crippen LogP contribution in [0.3, 0.4) is 0 Å². The van der Waals surface area contributed by atoms with Crippen molar-refractivity contribution in [1.29, 1.82) is 0 Å². The number of hydroxylamine groups is 1. The first kappa shape index (κ1) is 7.77. The van der Waals surface area contributed by atoms with Crippen molar-refractivity contribution in [3.63, 3.8) is 0 Å². The van der Waals surface area contributed by atoms with Crippen LogP contribution in [0.15, 0.2) is 16.7 Å². The van der Waals surface area contributed by atoms with Gasteiger partial charge in [0.15, 0.2) is 0 Å². The summed E-state index contributed by atoms with van der Waals surface area (Å²) in [6.07, 6.45) is 1.26. The van der Waals surface area contributed by atoms with Crippen molar-refractivity contribution >= 4 is 5.97 Å². The van der Waals surface area contributed by atoms with Gasteiger partial charge in [-0.2, -0.15) is 5.48 Å². The van der Waals surface area contributed by atoms with E-state index >= 15 is 0 Å². The third kappa shape index (κ3) is 1.57. The maximum atomic E-state index is 10.4. The highest BCUT2D eigenvalue weighted by atomic mass is 16.5. The Hall–Kier alpha value is -1.33. The summed E-state index contributed by atoms with van der Waals surface area (Å²) in [7, 11) is 0. The van der Waals surface area contributed by atoms with Gasteiger partial charge in [-0.05, 0) is 6.07 Å². The molecule has 5 heteroatoms. The molecule has 0 aliphatic rings. The Labute approximate surface area is 62.2 Å². The van der Waals surface area contributed by atoms with Gasteiger partial charge in [0.2, 0.25) is 0 Å². The summed E-state index contributed by atoms with van der Waals surface area (Å²) in [5.41, 5.74) is 1.87. The van der Waals surface area contributed by atoms with E-state index in [2.05, 4.69) is 0 Å². The standard InChI is InChI=1S/C6H7NO4/c8-6(9)4-1-2-11-5(4)3-7-10/h1-2,7,10H,3H2,(H,8,9). The van der Waals surface area contributed by atoms with E-state index in [1.54, 1.807) is 0 Å². The summed E-state index contributed by atoms with van der Waals surface area (Å²) < 4.78 is 4.76. The summed E-state index contributed by atoms with van der Waals surface area (Å²) in [4.78, 5) is 10.4. The van der Waals surface area contributed by atoms with Crippen molar-refractivity contribution in [3.05, 3.63) is 23.7 Å². The normalized spacial score (nSPS) is 9.91. The summed E-state index contributed by atoms with van der Waals surface area (Å²) in [5, 5.41) is 16.8. The first-order valence-corrected chi connectivity index (χ1v) is 2.92. The number of furan rings is 1. The highest BCUT2D eigenvalue weighted by Gasteiger charge is 2.11. The van der Waals surface area contributed by atoms with E-state index in [0.717, 1.165) is 0 Å². The lowest BCUT2D eigenvalue weighted by molar-refractivity contribution is 0.0692. The summed E-state index contributed by atoms with van der Waals surface area (Å²) in [6, 6.07) is 1.33. The van der Waals surface area contributed by atoms with Crippen LogP contribution < -0.4 is 5.48 Å². The van der Waals surface area contributed by atoms with Crippen LogP contribution >= 0.6 is 0 Å². The average molecular weight is 157 g/mol. The van der Waals surface area contributed by atoms with E-state index < -0.39 is 5.97 Å². The first-order valence-electron chi connectivity index (χ1n) is 2.92. The fourth-order valence-corrected chi connectivity index (χ4v) is 0.740. The average Bonchev–Trinajstić information content (AvgIpc) is 2.36. The molecule has 0 unspecified atom stereocenters. The minimum Gasteiger partial charge on any atom is -0.478 e. The molecule has 0 fully saturated rings. The molecular formula is C6H7NO4. The molecule has 0 aliphatic heterocycles. The molecule has 0 saturated carbocycles. The molecule has 0 bridgehead atoms. The van der Waals surface area contributed by atoms with Crippen LogP contribution in [0.25, 0.3) is 0 Å². The Kier molecular flexibility index (Phi) is 2.25. The van der Waals surface area contributed by atoms with Crippen LogP contribution in [-0.2, 0) is 6.54 Å². The maximum Gasteiger partial charge on any atom is 0.339 e. The number of rotatable bonds is 3. The first-order chi connectivity index (χ1) is 5.25. The molecule has 1 heterocycles. The predicted molar refractivity (Wildman–Crippen MR) is 34.3 cm³/mol. The third-order valence-corrected chi connectivity index (χ3v) is 1.22. The molecule has 3 N–H and O–H groups in total. The van der Waals surface area contributed by atoms with E-state index in [1.807, 2.05) is 5.48 Å². The van der Waals surface area contributed by atoms with Crippen LogP contribution in [0.4, 0.5) is 0 Å². The number of carbonyl (C=O) groups is 1. The Balaban J connectivity index is 2.87. The highest BCUT2D eigenvalue weighted by molar-refractivity contribution is 5.88. The largest absolute Gasteiger partial charge is 0.478 e. The minimum absolute atomic E-state index is 0.00532. The van der Waals surface area contributed by atoms with Gasteiger partial charge in [-0.15, -0.1) is 0 Å². The highest BCUT2D eigenvalue weighted by Crippen LogP contribution is 2.09. The quantitative estimate of drug-likeness (QED) is 0.555. The second-order valence-electron chi connectivity index (χ2n) is 1.90. The van der Waals surface area contributed by atoms with Crippen molar-refractivity contribution in [1.82, 2.24) is 5.48 Å². The molecule has 1 rings (SSSR count). The monoisotopic (exact) mass is 157 g/mol. The van der Waals surface area contributed by atoms with Crippen molar-refractivity contribution in [2.75, 3.05) is 0 Å². The van der Waals surface area contributed by atoms with Gasteiger partial charge in [0.1, 0.15) is 11.3 Å². The topological polar surface area (TPSA) is 82.7 Å². The number of carboxylic acid groups (broad SMARTS) is 1. The molecule has 1 aromatic rings. The lowest BCUT2D eigenvalue weighted by Gasteiger charge is -1.94. The predicted octanol–water partition coefficient (Wildman–Crippen LogP) is 0.457. The SMILES string of the molecule is O=C(O)c1ccoc1CNO. The Morgan fingerprint density at radius 3 is 3.00 bits per heavy atom. The Morgan fingerprint density at radius 1 is 1.73 bits per heavy atom. The van der Waals surface area contributed by atoms with Crippen LogP contribution in [0.5, 0.6) is 0 Å². The minimum atomic E-state index is -1.07. The summed E-state index contributed by atoms with van der Waals surface area (Å²) >= 11 is 0. The van der Waals surface area contributed by atoms with Gasteiger partial charge in [-0.3, -0.25) is 0 Å². The molecule has 0 spiro atoms. The van der Waals surface area contributed by atoms with Gasteiger partial charge >= 0.3 is 5.97 Å². The fraction of sp³-hybridized carbons (Fsp3) is 0.167. The van der Waals surface area contributed by atoms with E-state index in [0.29, 0.717) is 0 Å². The van der Waals surface area contributed by atoms with E-state index in [-0.39, 0.29) is 17.9 Å². The number of hydrogen-bond donors (Lipinski definition) is 3. The molecule has 0 radical (unpaired) electrons. The smallest absolute Gasteiger partial charge is 0.339 e. The molecule has 0 aliphatic carbocycles. The number of carboxylic acids is 1. The Morgan fingerprint density at radius 2 is 2.45 bits per heavy atom. The van der Waals surface area contributed by atoms with Crippen LogP contribution in [-0.4, -0.2) is 16.3 Å². The van der Waals surface area contributed by atoms with Gasteiger partial charge in [-0.25, -0.2) is 4.79 Å². The molecular weight excluding hydrogens is 150 g/mol. The van der Waals surface area contributed by atoms with Gasteiger partial charge in [0.25, 0.3) is 0 Å². The molecule has 0 atom stereocenters. The molecule has 11 heavy (non-hydrogen) atoms. The van der Waals surface area contributed by atoms with Crippen molar-refractivity contribution < 1.29 is 19.5 Å². The molecule has 5 nitrogen and oxygen atoms in total. The number of hydrogen-bond acceptors (Lipinski definition) is 4. The molecule has 0 saturated heterocycles. The molecule has 0 aromatic carbocycles. The maximum absolute atomic E-state index is 10.4. The van der Waals surface area contributed by atoms with E-state index in [1.165, 1.54) is 12.3 Å². The van der Waals surface area contributed by atoms with E-state index in [9.17, 15) is 4.79 Å². The Bertz CT molecular complexity index is 255. The second kappa shape index (κ2) is 3.18. The fourth-order valence-electron chi connectivity index (χ4n) is 0.740. The second-order valence-corrected chi connectivity index (χ2v) is 1.90. The zero-order valence-corrected chi connectivity index (χ0v) is 5.57. The zero-order chi connectivity index (χ0) is 8.27. The molecule has 0 amide bonds. The van der Waals surface area contributed by atoms with Gasteiger partial charge in [-0.1, -0.05) is 0 Å². The zero-order valence-electron chi connectivity index (χ0n) is 5.57. The number of nitrogens with one attached hydrogen (secondary N) is 1. The summed E-state index contributed by atoms with van der Waals surface area (Å²) in [6.45, 7) is -0.00532. The van der Waals surface area contributed by atoms with Gasteiger partial charge in [0, 0.05) is 0 Å².